The third kappa shape index (κ3) is 4.23. The third-order valence-electron chi connectivity index (χ3n) is 3.87. The van der Waals surface area contributed by atoms with Crippen molar-refractivity contribution in [1.29, 1.82) is 0 Å². The Bertz CT molecular complexity index is 682. The number of carbonyl (C=O) groups excluding carboxylic acids is 1. The van der Waals surface area contributed by atoms with Crippen LogP contribution in [0.4, 0.5) is 11.4 Å². The molecule has 1 atom stereocenters. The average Bonchev–Trinajstić information content (AvgIpc) is 3.14. The monoisotopic (exact) mass is 327 g/mol. The summed E-state index contributed by atoms with van der Waals surface area (Å²) in [6.07, 6.45) is 3.82. The van der Waals surface area contributed by atoms with E-state index >= 15 is 0 Å². The van der Waals surface area contributed by atoms with Gasteiger partial charge in [0.25, 0.3) is 5.91 Å². The molecule has 1 unspecified atom stereocenters. The highest BCUT2D eigenvalue weighted by molar-refractivity contribution is 5.92. The van der Waals surface area contributed by atoms with Crippen LogP contribution in [0, 0.1) is 0 Å². The fourth-order valence-electron chi connectivity index (χ4n) is 2.57. The zero-order chi connectivity index (χ0) is 16.8. The Hall–Kier alpha value is -2.60. The van der Waals surface area contributed by atoms with Gasteiger partial charge in [0.05, 0.1) is 25.1 Å². The molecule has 1 aromatic heterocycles. The van der Waals surface area contributed by atoms with Crippen LogP contribution in [0.25, 0.3) is 0 Å². The van der Waals surface area contributed by atoms with Gasteiger partial charge in [-0.05, 0) is 37.1 Å². The van der Waals surface area contributed by atoms with E-state index in [9.17, 15) is 4.79 Å². The average molecular weight is 327 g/mol. The van der Waals surface area contributed by atoms with Gasteiger partial charge in [0, 0.05) is 24.9 Å². The molecular formula is C18H21N3O3. The molecular weight excluding hydrogens is 306 g/mol. The lowest BCUT2D eigenvalue weighted by Gasteiger charge is -2.11. The Labute approximate surface area is 141 Å². The van der Waals surface area contributed by atoms with Gasteiger partial charge >= 0.3 is 0 Å². The van der Waals surface area contributed by atoms with E-state index in [1.807, 2.05) is 30.3 Å². The Morgan fingerprint density at radius 1 is 1.33 bits per heavy atom. The molecule has 1 aliphatic rings. The molecule has 1 saturated heterocycles. The topological polar surface area (TPSA) is 72.5 Å². The molecule has 3 rings (SSSR count). The molecule has 2 aromatic rings. The lowest BCUT2D eigenvalue weighted by molar-refractivity contribution is 0.0854. The first-order valence-electron chi connectivity index (χ1n) is 8.01. The Morgan fingerprint density at radius 2 is 2.25 bits per heavy atom. The van der Waals surface area contributed by atoms with Crippen LogP contribution in [0.1, 0.15) is 23.3 Å². The van der Waals surface area contributed by atoms with E-state index in [4.69, 9.17) is 9.47 Å². The van der Waals surface area contributed by atoms with Gasteiger partial charge in [-0.2, -0.15) is 0 Å². The third-order valence-corrected chi connectivity index (χ3v) is 3.87. The summed E-state index contributed by atoms with van der Waals surface area (Å²) in [5.74, 6) is 0.594. The number of nitrogens with one attached hydrogen (secondary N) is 2. The lowest BCUT2D eigenvalue weighted by Crippen LogP contribution is -2.32. The molecule has 1 aromatic carbocycles. The number of benzene rings is 1. The molecule has 0 radical (unpaired) electrons. The number of pyridine rings is 1. The largest absolute Gasteiger partial charge is 0.497 e. The van der Waals surface area contributed by atoms with Crippen LogP contribution in [-0.2, 0) is 4.74 Å². The highest BCUT2D eigenvalue weighted by atomic mass is 16.5. The van der Waals surface area contributed by atoms with Crippen molar-refractivity contribution in [2.24, 2.45) is 0 Å². The second-order valence-electron chi connectivity index (χ2n) is 5.63. The van der Waals surface area contributed by atoms with Crippen molar-refractivity contribution in [3.05, 3.63) is 48.3 Å². The SMILES string of the molecule is COc1cccc(Nc2ccc(C(=O)NCC3CCCO3)nc2)c1. The number of carbonyl (C=O) groups is 1. The number of hydrogen-bond donors (Lipinski definition) is 2. The quantitative estimate of drug-likeness (QED) is 0.853. The van der Waals surface area contributed by atoms with Gasteiger partial charge in [-0.15, -0.1) is 0 Å². The number of methoxy groups -OCH3 is 1. The number of nitrogens with zero attached hydrogens (tertiary/aromatic N) is 1. The maximum Gasteiger partial charge on any atom is 0.269 e. The van der Waals surface area contributed by atoms with Crippen LogP contribution in [0.2, 0.25) is 0 Å². The molecule has 0 saturated carbocycles. The van der Waals surface area contributed by atoms with E-state index in [1.54, 1.807) is 19.4 Å². The first-order chi connectivity index (χ1) is 11.7. The zero-order valence-electron chi connectivity index (χ0n) is 13.6. The molecule has 1 aliphatic heterocycles. The zero-order valence-corrected chi connectivity index (χ0v) is 13.6. The molecule has 0 bridgehead atoms. The number of amides is 1. The minimum Gasteiger partial charge on any atom is -0.497 e. The number of aromatic nitrogens is 1. The predicted molar refractivity (Wildman–Crippen MR) is 91.8 cm³/mol. The van der Waals surface area contributed by atoms with Gasteiger partial charge in [0.15, 0.2) is 0 Å². The molecule has 126 valence electrons. The van der Waals surface area contributed by atoms with Crippen LogP contribution in [-0.4, -0.2) is 37.3 Å². The van der Waals surface area contributed by atoms with E-state index in [0.29, 0.717) is 12.2 Å². The normalized spacial score (nSPS) is 16.6. The first kappa shape index (κ1) is 16.3. The van der Waals surface area contributed by atoms with Crippen LogP contribution >= 0.6 is 0 Å². The van der Waals surface area contributed by atoms with Crippen molar-refractivity contribution in [2.45, 2.75) is 18.9 Å². The first-order valence-corrected chi connectivity index (χ1v) is 8.01. The number of anilines is 2. The molecule has 6 heteroatoms. The molecule has 24 heavy (non-hydrogen) atoms. The van der Waals surface area contributed by atoms with E-state index in [0.717, 1.165) is 36.6 Å². The van der Waals surface area contributed by atoms with Crippen molar-refractivity contribution in [3.63, 3.8) is 0 Å². The van der Waals surface area contributed by atoms with Crippen molar-refractivity contribution in [2.75, 3.05) is 25.6 Å². The second-order valence-corrected chi connectivity index (χ2v) is 5.63. The minimum atomic E-state index is -0.182. The van der Waals surface area contributed by atoms with Gasteiger partial charge in [0.1, 0.15) is 11.4 Å². The molecule has 2 N–H and O–H groups in total. The summed E-state index contributed by atoms with van der Waals surface area (Å²) >= 11 is 0. The van der Waals surface area contributed by atoms with E-state index in [2.05, 4.69) is 15.6 Å². The van der Waals surface area contributed by atoms with Crippen molar-refractivity contribution >= 4 is 17.3 Å². The van der Waals surface area contributed by atoms with E-state index in [-0.39, 0.29) is 12.0 Å². The van der Waals surface area contributed by atoms with Gasteiger partial charge < -0.3 is 20.1 Å². The van der Waals surface area contributed by atoms with Crippen LogP contribution in [0.3, 0.4) is 0 Å². The molecule has 0 spiro atoms. The fourth-order valence-corrected chi connectivity index (χ4v) is 2.57. The smallest absolute Gasteiger partial charge is 0.269 e. The van der Waals surface area contributed by atoms with Crippen molar-refractivity contribution < 1.29 is 14.3 Å². The van der Waals surface area contributed by atoms with Crippen LogP contribution in [0.5, 0.6) is 5.75 Å². The molecule has 2 heterocycles. The summed E-state index contributed by atoms with van der Waals surface area (Å²) in [6, 6.07) is 11.1. The van der Waals surface area contributed by atoms with Crippen molar-refractivity contribution in [1.82, 2.24) is 10.3 Å². The predicted octanol–water partition coefficient (Wildman–Crippen LogP) is 2.74. The summed E-state index contributed by atoms with van der Waals surface area (Å²) in [4.78, 5) is 16.3. The highest BCUT2D eigenvalue weighted by Gasteiger charge is 2.17. The number of rotatable bonds is 6. The Morgan fingerprint density at radius 3 is 2.96 bits per heavy atom. The minimum absolute atomic E-state index is 0.128. The van der Waals surface area contributed by atoms with Gasteiger partial charge in [0.2, 0.25) is 0 Å². The van der Waals surface area contributed by atoms with E-state index in [1.165, 1.54) is 0 Å². The van der Waals surface area contributed by atoms with Gasteiger partial charge in [-0.3, -0.25) is 4.79 Å². The number of hydrogen-bond acceptors (Lipinski definition) is 5. The fraction of sp³-hybridized carbons (Fsp3) is 0.333. The summed E-state index contributed by atoms with van der Waals surface area (Å²) in [6.45, 7) is 1.31. The van der Waals surface area contributed by atoms with Crippen molar-refractivity contribution in [3.8, 4) is 5.75 Å². The van der Waals surface area contributed by atoms with Crippen LogP contribution in [0.15, 0.2) is 42.6 Å². The summed E-state index contributed by atoms with van der Waals surface area (Å²) in [5, 5.41) is 6.09. The molecule has 6 nitrogen and oxygen atoms in total. The summed E-state index contributed by atoms with van der Waals surface area (Å²) in [5.41, 5.74) is 2.09. The lowest BCUT2D eigenvalue weighted by atomic mass is 10.2. The summed E-state index contributed by atoms with van der Waals surface area (Å²) in [7, 11) is 1.63. The molecule has 1 fully saturated rings. The maximum atomic E-state index is 12.1. The standard InChI is InChI=1S/C18H21N3O3/c1-23-15-5-2-4-13(10-15)21-14-7-8-17(19-11-14)18(22)20-12-16-6-3-9-24-16/h2,4-5,7-8,10-11,16,21H,3,6,9,12H2,1H3,(H,20,22). The number of ether oxygens (including phenoxy) is 2. The molecule has 0 aliphatic carbocycles. The van der Waals surface area contributed by atoms with Gasteiger partial charge in [-0.1, -0.05) is 6.07 Å². The summed E-state index contributed by atoms with van der Waals surface area (Å²) < 4.78 is 10.7. The van der Waals surface area contributed by atoms with E-state index < -0.39 is 0 Å². The Kier molecular flexibility index (Phi) is 5.28. The van der Waals surface area contributed by atoms with Crippen LogP contribution < -0.4 is 15.4 Å². The molecule has 1 amide bonds. The highest BCUT2D eigenvalue weighted by Crippen LogP contribution is 2.20. The van der Waals surface area contributed by atoms with Gasteiger partial charge in [-0.25, -0.2) is 4.98 Å². The Balaban J connectivity index is 1.56. The second kappa shape index (κ2) is 7.79. The maximum absolute atomic E-state index is 12.1.